The fraction of sp³-hybridized carbons (Fsp3) is 0.263. The number of rotatable bonds is 5. The predicted molar refractivity (Wildman–Crippen MR) is 117 cm³/mol. The first kappa shape index (κ1) is 25.5. The number of halogens is 6. The molecule has 1 atom stereocenters. The zero-order valence-electron chi connectivity index (χ0n) is 16.6. The van der Waals surface area contributed by atoms with Gasteiger partial charge in [-0.25, -0.2) is 9.98 Å². The second kappa shape index (κ2) is 10.3. The van der Waals surface area contributed by atoms with Gasteiger partial charge in [-0.3, -0.25) is 10.1 Å². The fourth-order valence-electron chi connectivity index (χ4n) is 2.34. The van der Waals surface area contributed by atoms with Gasteiger partial charge in [0, 0.05) is 10.6 Å². The quantitative estimate of drug-likeness (QED) is 0.177. The fourth-order valence-corrected chi connectivity index (χ4v) is 2.67. The third-order valence-corrected chi connectivity index (χ3v) is 4.58. The summed E-state index contributed by atoms with van der Waals surface area (Å²) in [6, 6.07) is 7.87. The SMILES string of the molecule is Cc1nc(C(F)(F)F)ccc1N/C(=N/C(NC(=O)c1ccc(Cl)cc1)C(C)(Cl)Cl)NC#N. The van der Waals surface area contributed by atoms with E-state index >= 15 is 0 Å². The Morgan fingerprint density at radius 1 is 1.19 bits per heavy atom. The molecule has 0 aliphatic carbocycles. The lowest BCUT2D eigenvalue weighted by molar-refractivity contribution is -0.141. The molecule has 0 fully saturated rings. The van der Waals surface area contributed by atoms with Gasteiger partial charge in [0.15, 0.2) is 16.7 Å². The smallest absolute Gasteiger partial charge is 0.328 e. The van der Waals surface area contributed by atoms with Crippen molar-refractivity contribution in [2.45, 2.75) is 30.5 Å². The highest BCUT2D eigenvalue weighted by Gasteiger charge is 2.33. The first-order valence-corrected chi connectivity index (χ1v) is 9.93. The average molecular weight is 508 g/mol. The van der Waals surface area contributed by atoms with Crippen LogP contribution in [0.1, 0.15) is 28.7 Å². The maximum Gasteiger partial charge on any atom is 0.433 e. The van der Waals surface area contributed by atoms with Crippen molar-refractivity contribution >= 4 is 52.4 Å². The van der Waals surface area contributed by atoms with Crippen LogP contribution in [0.5, 0.6) is 0 Å². The topological polar surface area (TPSA) is 102 Å². The number of carbonyl (C=O) groups is 1. The molecule has 3 N–H and O–H groups in total. The van der Waals surface area contributed by atoms with Crippen LogP contribution in [-0.2, 0) is 6.18 Å². The van der Waals surface area contributed by atoms with Crippen molar-refractivity contribution in [1.82, 2.24) is 15.6 Å². The first-order valence-electron chi connectivity index (χ1n) is 8.80. The molecule has 1 unspecified atom stereocenters. The number of pyridine rings is 1. The molecule has 0 aliphatic rings. The normalized spacial score (nSPS) is 13.2. The van der Waals surface area contributed by atoms with E-state index in [2.05, 4.69) is 25.9 Å². The lowest BCUT2D eigenvalue weighted by atomic mass is 10.2. The third-order valence-electron chi connectivity index (χ3n) is 3.92. The Bertz CT molecular complexity index is 1050. The van der Waals surface area contributed by atoms with Crippen molar-refractivity contribution < 1.29 is 18.0 Å². The number of aliphatic imine (C=N–C) groups is 1. The molecule has 2 aromatic rings. The van der Waals surface area contributed by atoms with E-state index in [1.165, 1.54) is 38.1 Å². The standard InChI is InChI=1S/C19H16Cl3F3N6O/c1-10-13(7-8-14(28-10)19(23,24)25)29-17(27-9-26)31-16(18(2,21)22)30-15(32)11-3-5-12(20)6-4-11/h3-8,16H,1-2H3,(H,30,32)(H2,27,29,31). The molecule has 0 saturated carbocycles. The van der Waals surface area contributed by atoms with Gasteiger partial charge < -0.3 is 10.6 Å². The number of nitrogens with zero attached hydrogens (tertiary/aromatic N) is 3. The lowest BCUT2D eigenvalue weighted by Crippen LogP contribution is -2.46. The predicted octanol–water partition coefficient (Wildman–Crippen LogP) is 4.85. The van der Waals surface area contributed by atoms with E-state index in [1.807, 2.05) is 0 Å². The minimum Gasteiger partial charge on any atom is -0.328 e. The summed E-state index contributed by atoms with van der Waals surface area (Å²) in [6.45, 7) is 2.70. The van der Waals surface area contributed by atoms with Gasteiger partial charge in [0.2, 0.25) is 5.96 Å². The molecule has 0 radical (unpaired) electrons. The molecule has 1 amide bonds. The van der Waals surface area contributed by atoms with Crippen LogP contribution < -0.4 is 16.0 Å². The van der Waals surface area contributed by atoms with Crippen LogP contribution in [0.3, 0.4) is 0 Å². The van der Waals surface area contributed by atoms with E-state index in [4.69, 9.17) is 40.1 Å². The highest BCUT2D eigenvalue weighted by atomic mass is 35.5. The van der Waals surface area contributed by atoms with Crippen molar-refractivity contribution in [2.75, 3.05) is 5.32 Å². The van der Waals surface area contributed by atoms with Gasteiger partial charge >= 0.3 is 6.18 Å². The van der Waals surface area contributed by atoms with Gasteiger partial charge in [-0.05, 0) is 50.2 Å². The van der Waals surface area contributed by atoms with Crippen LogP contribution in [0.2, 0.25) is 5.02 Å². The van der Waals surface area contributed by atoms with Crippen LogP contribution in [0, 0.1) is 18.4 Å². The number of alkyl halides is 5. The molecular weight excluding hydrogens is 492 g/mol. The Balaban J connectivity index is 2.32. The van der Waals surface area contributed by atoms with Crippen molar-refractivity contribution in [1.29, 1.82) is 5.26 Å². The summed E-state index contributed by atoms with van der Waals surface area (Å²) in [6.07, 6.45) is -4.24. The highest BCUT2D eigenvalue weighted by molar-refractivity contribution is 6.48. The van der Waals surface area contributed by atoms with Crippen molar-refractivity contribution in [3.8, 4) is 6.19 Å². The van der Waals surface area contributed by atoms with E-state index in [0.717, 1.165) is 12.1 Å². The van der Waals surface area contributed by atoms with E-state index in [1.54, 1.807) is 6.19 Å². The summed E-state index contributed by atoms with van der Waals surface area (Å²) in [5, 5.41) is 16.9. The van der Waals surface area contributed by atoms with Gasteiger partial charge in [0.25, 0.3) is 5.91 Å². The molecule has 1 aromatic carbocycles. The molecule has 7 nitrogen and oxygen atoms in total. The van der Waals surface area contributed by atoms with Crippen LogP contribution >= 0.6 is 34.8 Å². The largest absolute Gasteiger partial charge is 0.433 e. The zero-order chi connectivity index (χ0) is 24.1. The minimum atomic E-state index is -4.61. The minimum absolute atomic E-state index is 0.00600. The molecular formula is C19H16Cl3F3N6O. The molecule has 0 aliphatic heterocycles. The Kier molecular flexibility index (Phi) is 8.18. The molecule has 0 saturated heterocycles. The molecule has 32 heavy (non-hydrogen) atoms. The molecule has 1 heterocycles. The second-order valence-corrected chi connectivity index (χ2v) is 8.71. The Morgan fingerprint density at radius 3 is 2.31 bits per heavy atom. The second-order valence-electron chi connectivity index (χ2n) is 6.51. The molecule has 2 rings (SSSR count). The number of nitrogens with one attached hydrogen (secondary N) is 3. The first-order chi connectivity index (χ1) is 14.8. The number of nitriles is 1. The monoisotopic (exact) mass is 506 g/mol. The molecule has 13 heteroatoms. The number of guanidine groups is 1. The summed E-state index contributed by atoms with van der Waals surface area (Å²) in [4.78, 5) is 20.2. The maximum atomic E-state index is 12.8. The van der Waals surface area contributed by atoms with Crippen molar-refractivity contribution in [3.63, 3.8) is 0 Å². The number of hydrogen-bond acceptors (Lipinski definition) is 4. The van der Waals surface area contributed by atoms with Gasteiger partial charge in [0.1, 0.15) is 5.69 Å². The Morgan fingerprint density at radius 2 is 1.81 bits per heavy atom. The van der Waals surface area contributed by atoms with Crippen LogP contribution in [0.4, 0.5) is 18.9 Å². The number of benzene rings is 1. The van der Waals surface area contributed by atoms with Gasteiger partial charge in [-0.2, -0.15) is 18.4 Å². The lowest BCUT2D eigenvalue weighted by Gasteiger charge is -2.25. The van der Waals surface area contributed by atoms with E-state index in [-0.39, 0.29) is 22.9 Å². The van der Waals surface area contributed by atoms with Gasteiger partial charge in [-0.1, -0.05) is 34.8 Å². The van der Waals surface area contributed by atoms with E-state index < -0.39 is 28.3 Å². The number of carbonyl (C=O) groups excluding carboxylic acids is 1. The number of aryl methyl sites for hydroxylation is 1. The summed E-state index contributed by atoms with van der Waals surface area (Å²) in [7, 11) is 0. The van der Waals surface area contributed by atoms with Gasteiger partial charge in [-0.15, -0.1) is 0 Å². The summed E-state index contributed by atoms with van der Waals surface area (Å²) < 4.78 is 36.9. The third kappa shape index (κ3) is 7.15. The number of anilines is 1. The Labute approximate surface area is 196 Å². The number of amides is 1. The van der Waals surface area contributed by atoms with E-state index in [0.29, 0.717) is 5.02 Å². The molecule has 0 spiro atoms. The average Bonchev–Trinajstić information content (AvgIpc) is 2.68. The van der Waals surface area contributed by atoms with Crippen LogP contribution in [0.15, 0.2) is 41.4 Å². The van der Waals surface area contributed by atoms with Gasteiger partial charge in [0.05, 0.1) is 11.4 Å². The van der Waals surface area contributed by atoms with Crippen molar-refractivity contribution in [2.24, 2.45) is 4.99 Å². The number of hydrogen-bond donors (Lipinski definition) is 3. The van der Waals surface area contributed by atoms with Crippen LogP contribution in [-0.4, -0.2) is 27.3 Å². The zero-order valence-corrected chi connectivity index (χ0v) is 18.8. The van der Waals surface area contributed by atoms with Crippen LogP contribution in [0.25, 0.3) is 0 Å². The van der Waals surface area contributed by atoms with Crippen molar-refractivity contribution in [3.05, 3.63) is 58.4 Å². The number of aromatic nitrogens is 1. The summed E-state index contributed by atoms with van der Waals surface area (Å²) in [5.74, 6) is -0.808. The Hall–Kier alpha value is -2.74. The molecule has 0 bridgehead atoms. The summed E-state index contributed by atoms with van der Waals surface area (Å²) in [5.41, 5.74) is -0.700. The summed E-state index contributed by atoms with van der Waals surface area (Å²) >= 11 is 18.1. The maximum absolute atomic E-state index is 12.8. The van der Waals surface area contributed by atoms with E-state index in [9.17, 15) is 18.0 Å². The molecule has 170 valence electrons. The highest BCUT2D eigenvalue weighted by Crippen LogP contribution is 2.29. The molecule has 1 aromatic heterocycles.